The van der Waals surface area contributed by atoms with Crippen molar-refractivity contribution < 1.29 is 4.74 Å². The summed E-state index contributed by atoms with van der Waals surface area (Å²) in [6.07, 6.45) is 1.94. The summed E-state index contributed by atoms with van der Waals surface area (Å²) in [5.74, 6) is 0.839. The molecule has 23 heavy (non-hydrogen) atoms. The molecule has 0 aliphatic rings. The molecule has 2 heteroatoms. The van der Waals surface area contributed by atoms with Gasteiger partial charge in [-0.05, 0) is 35.6 Å². The van der Waals surface area contributed by atoms with Crippen molar-refractivity contribution in [2.75, 3.05) is 7.11 Å². The quantitative estimate of drug-likeness (QED) is 0.490. The van der Waals surface area contributed by atoms with Crippen LogP contribution in [0.15, 0.2) is 60.7 Å². The first kappa shape index (κ1) is 14.9. The van der Waals surface area contributed by atoms with Crippen LogP contribution in [0.25, 0.3) is 22.4 Å². The first-order valence-corrected chi connectivity index (χ1v) is 7.47. The van der Waals surface area contributed by atoms with Crippen LogP contribution in [-0.4, -0.2) is 7.11 Å². The summed E-state index contributed by atoms with van der Waals surface area (Å²) >= 11 is 0. The lowest BCUT2D eigenvalue weighted by Gasteiger charge is -2.08. The third-order valence-electron chi connectivity index (χ3n) is 3.92. The van der Waals surface area contributed by atoms with Gasteiger partial charge in [-0.3, -0.25) is 0 Å². The zero-order valence-electron chi connectivity index (χ0n) is 13.2. The highest BCUT2D eigenvalue weighted by Gasteiger charge is 2.07. The summed E-state index contributed by atoms with van der Waals surface area (Å²) in [6, 6.07) is 22.3. The molecule has 3 rings (SSSR count). The number of ether oxygens (including phenoxy) is 1. The molecule has 3 aromatic carbocycles. The molecule has 0 aliphatic carbocycles. The zero-order chi connectivity index (χ0) is 16.2. The number of rotatable bonds is 3. The van der Waals surface area contributed by atoms with E-state index in [0.717, 1.165) is 27.6 Å². The number of benzene rings is 3. The van der Waals surface area contributed by atoms with E-state index in [-0.39, 0.29) is 0 Å². The Hall–Kier alpha value is -3.05. The molecule has 0 aliphatic heterocycles. The summed E-state index contributed by atoms with van der Waals surface area (Å²) in [5, 5.41) is 11.7. The predicted octanol–water partition coefficient (Wildman–Crippen LogP) is 5.22. The van der Waals surface area contributed by atoms with Crippen molar-refractivity contribution in [2.24, 2.45) is 0 Å². The monoisotopic (exact) mass is 299 g/mol. The molecule has 3 aromatic rings. The van der Waals surface area contributed by atoms with Crippen LogP contribution in [0.5, 0.6) is 5.75 Å². The van der Waals surface area contributed by atoms with Crippen LogP contribution in [0.3, 0.4) is 0 Å². The third kappa shape index (κ3) is 2.95. The minimum Gasteiger partial charge on any atom is -0.496 e. The summed E-state index contributed by atoms with van der Waals surface area (Å²) in [6.45, 7) is 2.04. The van der Waals surface area contributed by atoms with Crippen molar-refractivity contribution in [3.63, 3.8) is 0 Å². The minimum atomic E-state index is 0.653. The van der Waals surface area contributed by atoms with Crippen LogP contribution in [-0.2, 0) is 0 Å². The van der Waals surface area contributed by atoms with E-state index in [0.29, 0.717) is 5.57 Å². The minimum absolute atomic E-state index is 0.653. The predicted molar refractivity (Wildman–Crippen MR) is 95.2 cm³/mol. The number of methoxy groups -OCH3 is 1. The Balaban J connectivity index is 2.16. The lowest BCUT2D eigenvalue weighted by atomic mass is 9.98. The molecular weight excluding hydrogens is 282 g/mol. The van der Waals surface area contributed by atoms with Gasteiger partial charge in [0, 0.05) is 5.39 Å². The smallest absolute Gasteiger partial charge is 0.126 e. The maximum Gasteiger partial charge on any atom is 0.126 e. The van der Waals surface area contributed by atoms with E-state index in [1.54, 1.807) is 7.11 Å². The lowest BCUT2D eigenvalue weighted by molar-refractivity contribution is 0.420. The molecule has 0 radical (unpaired) electrons. The fourth-order valence-corrected chi connectivity index (χ4v) is 2.67. The number of hydrogen-bond acceptors (Lipinski definition) is 2. The standard InChI is InChI=1S/C21H17NO/c1-15-7-9-16(10-8-15)18(14-22)13-17-11-12-21(23-2)20-6-4-3-5-19(17)20/h3-13H,1-2H3/b18-13-. The van der Waals surface area contributed by atoms with Crippen molar-refractivity contribution in [3.8, 4) is 11.8 Å². The molecule has 0 heterocycles. The van der Waals surface area contributed by atoms with Crippen molar-refractivity contribution in [1.82, 2.24) is 0 Å². The van der Waals surface area contributed by atoms with Gasteiger partial charge in [0.25, 0.3) is 0 Å². The van der Waals surface area contributed by atoms with Gasteiger partial charge in [0.15, 0.2) is 0 Å². The summed E-state index contributed by atoms with van der Waals surface area (Å²) in [7, 11) is 1.67. The van der Waals surface area contributed by atoms with Crippen LogP contribution >= 0.6 is 0 Å². The van der Waals surface area contributed by atoms with Gasteiger partial charge in [-0.1, -0.05) is 60.2 Å². The normalized spacial score (nSPS) is 11.3. The van der Waals surface area contributed by atoms with E-state index in [1.165, 1.54) is 5.56 Å². The average Bonchev–Trinajstić information content (AvgIpc) is 2.60. The molecule has 112 valence electrons. The fourth-order valence-electron chi connectivity index (χ4n) is 2.67. The van der Waals surface area contributed by atoms with E-state index < -0.39 is 0 Å². The summed E-state index contributed by atoms with van der Waals surface area (Å²) in [4.78, 5) is 0. The molecule has 0 amide bonds. The van der Waals surface area contributed by atoms with Crippen LogP contribution in [0.4, 0.5) is 0 Å². The lowest BCUT2D eigenvalue weighted by Crippen LogP contribution is -1.88. The Morgan fingerprint density at radius 3 is 2.30 bits per heavy atom. The summed E-state index contributed by atoms with van der Waals surface area (Å²) < 4.78 is 5.43. The highest BCUT2D eigenvalue weighted by Crippen LogP contribution is 2.30. The first-order chi connectivity index (χ1) is 11.2. The maximum atomic E-state index is 9.54. The molecule has 0 fully saturated rings. The van der Waals surface area contributed by atoms with Crippen molar-refractivity contribution in [2.45, 2.75) is 6.92 Å². The highest BCUT2D eigenvalue weighted by molar-refractivity contribution is 6.00. The number of fused-ring (bicyclic) bond motifs is 1. The molecule has 0 bridgehead atoms. The molecule has 0 aromatic heterocycles. The van der Waals surface area contributed by atoms with Gasteiger partial charge in [-0.2, -0.15) is 5.26 Å². The molecule has 0 N–H and O–H groups in total. The molecule has 0 saturated carbocycles. The van der Waals surface area contributed by atoms with E-state index in [2.05, 4.69) is 6.07 Å². The third-order valence-corrected chi connectivity index (χ3v) is 3.92. The zero-order valence-corrected chi connectivity index (χ0v) is 13.2. The van der Waals surface area contributed by atoms with Crippen molar-refractivity contribution in [1.29, 1.82) is 5.26 Å². The second-order valence-corrected chi connectivity index (χ2v) is 5.44. The number of nitrogens with zero attached hydrogens (tertiary/aromatic N) is 1. The molecule has 0 unspecified atom stereocenters. The Bertz CT molecular complexity index is 915. The molecule has 0 spiro atoms. The largest absolute Gasteiger partial charge is 0.496 e. The van der Waals surface area contributed by atoms with E-state index in [1.807, 2.05) is 73.7 Å². The van der Waals surface area contributed by atoms with Crippen molar-refractivity contribution >= 4 is 22.4 Å². The number of nitriles is 1. The van der Waals surface area contributed by atoms with Crippen molar-refractivity contribution in [3.05, 3.63) is 77.4 Å². The van der Waals surface area contributed by atoms with Gasteiger partial charge in [-0.25, -0.2) is 0 Å². The van der Waals surface area contributed by atoms with Gasteiger partial charge in [0.1, 0.15) is 5.75 Å². The highest BCUT2D eigenvalue weighted by atomic mass is 16.5. The fraction of sp³-hybridized carbons (Fsp3) is 0.0952. The number of allylic oxidation sites excluding steroid dienone is 1. The Kier molecular flexibility index (Phi) is 4.12. The van der Waals surface area contributed by atoms with Crippen LogP contribution in [0, 0.1) is 18.3 Å². The topological polar surface area (TPSA) is 33.0 Å². The molecule has 0 saturated heterocycles. The Labute approximate surface area is 136 Å². The Morgan fingerprint density at radius 1 is 0.957 bits per heavy atom. The van der Waals surface area contributed by atoms with E-state index in [9.17, 15) is 5.26 Å². The van der Waals surface area contributed by atoms with E-state index in [4.69, 9.17) is 4.74 Å². The second-order valence-electron chi connectivity index (χ2n) is 5.44. The van der Waals surface area contributed by atoms with Gasteiger partial charge >= 0.3 is 0 Å². The number of aryl methyl sites for hydroxylation is 1. The van der Waals surface area contributed by atoms with Gasteiger partial charge in [0.2, 0.25) is 0 Å². The second kappa shape index (κ2) is 6.37. The molecule has 0 atom stereocenters. The van der Waals surface area contributed by atoms with Crippen LogP contribution in [0.2, 0.25) is 0 Å². The van der Waals surface area contributed by atoms with E-state index >= 15 is 0 Å². The Morgan fingerprint density at radius 2 is 1.65 bits per heavy atom. The molecule has 2 nitrogen and oxygen atoms in total. The maximum absolute atomic E-state index is 9.54. The average molecular weight is 299 g/mol. The van der Waals surface area contributed by atoms with Crippen LogP contribution < -0.4 is 4.74 Å². The molecular formula is C21H17NO. The first-order valence-electron chi connectivity index (χ1n) is 7.47. The van der Waals surface area contributed by atoms with Gasteiger partial charge < -0.3 is 4.74 Å². The SMILES string of the molecule is COc1ccc(/C=C(/C#N)c2ccc(C)cc2)c2ccccc12. The number of hydrogen-bond donors (Lipinski definition) is 0. The van der Waals surface area contributed by atoms with Gasteiger partial charge in [-0.15, -0.1) is 0 Å². The van der Waals surface area contributed by atoms with Crippen LogP contribution in [0.1, 0.15) is 16.7 Å². The summed E-state index contributed by atoms with van der Waals surface area (Å²) in [5.41, 5.74) is 3.78. The van der Waals surface area contributed by atoms with Gasteiger partial charge in [0.05, 0.1) is 18.8 Å².